The van der Waals surface area contributed by atoms with Gasteiger partial charge in [-0.05, 0) is 25.7 Å². The van der Waals surface area contributed by atoms with Crippen LogP contribution in [0.1, 0.15) is 25.7 Å². The highest BCUT2D eigenvalue weighted by molar-refractivity contribution is 5.49. The fraction of sp³-hybridized carbons (Fsp3) is 0.889. The van der Waals surface area contributed by atoms with Gasteiger partial charge in [0.15, 0.2) is 0 Å². The second kappa shape index (κ2) is 3.24. The van der Waals surface area contributed by atoms with Gasteiger partial charge in [-0.3, -0.25) is 0 Å². The number of likely N-dealkylation sites (tertiary alicyclic amines) is 1. The van der Waals surface area contributed by atoms with E-state index >= 15 is 0 Å². The van der Waals surface area contributed by atoms with Crippen LogP contribution in [0.25, 0.3) is 0 Å². The van der Waals surface area contributed by atoms with Crippen molar-refractivity contribution >= 4 is 6.34 Å². The third-order valence-corrected chi connectivity index (χ3v) is 2.49. The Balaban J connectivity index is 1.89. The Morgan fingerprint density at radius 1 is 0.909 bits per heavy atom. The normalized spacial score (nSPS) is 24.7. The van der Waals surface area contributed by atoms with E-state index < -0.39 is 0 Å². The Labute approximate surface area is 68.5 Å². The SMILES string of the molecule is [C-](N1CCCC1)=[N+]1CCCC1. The summed E-state index contributed by atoms with van der Waals surface area (Å²) >= 11 is 0. The lowest BCUT2D eigenvalue weighted by Gasteiger charge is -2.19. The van der Waals surface area contributed by atoms with Crippen LogP contribution in [0.2, 0.25) is 0 Å². The van der Waals surface area contributed by atoms with Crippen molar-refractivity contribution in [2.24, 2.45) is 0 Å². The Hall–Kier alpha value is -0.530. The highest BCUT2D eigenvalue weighted by atomic mass is 15.2. The molecular formula is C9H16N2. The lowest BCUT2D eigenvalue weighted by molar-refractivity contribution is -0.505. The molecule has 2 nitrogen and oxygen atoms in total. The molecule has 0 unspecified atom stereocenters. The van der Waals surface area contributed by atoms with E-state index in [1.807, 2.05) is 0 Å². The van der Waals surface area contributed by atoms with E-state index in [0.29, 0.717) is 0 Å². The van der Waals surface area contributed by atoms with E-state index in [-0.39, 0.29) is 0 Å². The summed E-state index contributed by atoms with van der Waals surface area (Å²) < 4.78 is 2.34. The van der Waals surface area contributed by atoms with Gasteiger partial charge in [-0.15, -0.1) is 6.34 Å². The smallest absolute Gasteiger partial charge is 0.0525 e. The Morgan fingerprint density at radius 2 is 1.55 bits per heavy atom. The quantitative estimate of drug-likeness (QED) is 0.306. The van der Waals surface area contributed by atoms with Crippen LogP contribution in [-0.4, -0.2) is 42.0 Å². The molecule has 0 aromatic rings. The molecule has 0 bridgehead atoms. The summed E-state index contributed by atoms with van der Waals surface area (Å²) in [6, 6.07) is 0. The first-order valence-electron chi connectivity index (χ1n) is 4.71. The van der Waals surface area contributed by atoms with E-state index in [1.165, 1.54) is 51.9 Å². The zero-order valence-corrected chi connectivity index (χ0v) is 7.05. The van der Waals surface area contributed by atoms with Crippen molar-refractivity contribution in [1.29, 1.82) is 0 Å². The zero-order chi connectivity index (χ0) is 7.52. The first kappa shape index (κ1) is 7.14. The van der Waals surface area contributed by atoms with Gasteiger partial charge in [-0.25, -0.2) is 0 Å². The minimum absolute atomic E-state index is 1.23. The van der Waals surface area contributed by atoms with E-state index in [2.05, 4.69) is 15.8 Å². The predicted molar refractivity (Wildman–Crippen MR) is 45.0 cm³/mol. The van der Waals surface area contributed by atoms with Crippen molar-refractivity contribution in [2.45, 2.75) is 25.7 Å². The molecule has 0 amide bonds. The van der Waals surface area contributed by atoms with Crippen molar-refractivity contribution in [1.82, 2.24) is 4.90 Å². The van der Waals surface area contributed by atoms with Crippen LogP contribution in [0.4, 0.5) is 0 Å². The van der Waals surface area contributed by atoms with E-state index in [4.69, 9.17) is 0 Å². The summed E-state index contributed by atoms with van der Waals surface area (Å²) in [5, 5.41) is 0. The molecule has 11 heavy (non-hydrogen) atoms. The predicted octanol–water partition coefficient (Wildman–Crippen LogP) is 0.794. The molecule has 0 aliphatic carbocycles. The first-order chi connectivity index (χ1) is 5.45. The van der Waals surface area contributed by atoms with Crippen LogP contribution in [-0.2, 0) is 0 Å². The molecule has 62 valence electrons. The highest BCUT2D eigenvalue weighted by Gasteiger charge is 2.08. The van der Waals surface area contributed by atoms with Gasteiger partial charge in [0, 0.05) is 0 Å². The van der Waals surface area contributed by atoms with Gasteiger partial charge in [0.2, 0.25) is 0 Å². The topological polar surface area (TPSA) is 6.25 Å². The van der Waals surface area contributed by atoms with Crippen molar-refractivity contribution in [3.8, 4) is 0 Å². The molecule has 0 atom stereocenters. The lowest BCUT2D eigenvalue weighted by Crippen LogP contribution is -2.24. The maximum absolute atomic E-state index is 3.44. The standard InChI is InChI=1S/C9H16N2/c1-2-6-10(5-1)9-11-7-3-4-8-11/h1-8H2. The van der Waals surface area contributed by atoms with Gasteiger partial charge >= 0.3 is 0 Å². The van der Waals surface area contributed by atoms with Crippen molar-refractivity contribution in [3.05, 3.63) is 0 Å². The zero-order valence-electron chi connectivity index (χ0n) is 7.05. The number of rotatable bonds is 1. The van der Waals surface area contributed by atoms with Crippen LogP contribution >= 0.6 is 0 Å². The number of hydrogen-bond donors (Lipinski definition) is 0. The molecule has 2 heteroatoms. The molecule has 2 saturated heterocycles. The van der Waals surface area contributed by atoms with Crippen molar-refractivity contribution < 1.29 is 4.58 Å². The summed E-state index contributed by atoms with van der Waals surface area (Å²) in [5.74, 6) is 0. The molecule has 2 aliphatic rings. The van der Waals surface area contributed by atoms with Crippen LogP contribution in [0, 0.1) is 0 Å². The third-order valence-electron chi connectivity index (χ3n) is 2.49. The van der Waals surface area contributed by atoms with Crippen LogP contribution < -0.4 is 0 Å². The van der Waals surface area contributed by atoms with Crippen LogP contribution in [0.15, 0.2) is 0 Å². The Kier molecular flexibility index (Phi) is 2.11. The average molecular weight is 152 g/mol. The average Bonchev–Trinajstić information content (AvgIpc) is 2.60. The largest absolute Gasteiger partial charge is 0.438 e. The maximum Gasteiger partial charge on any atom is 0.0525 e. The van der Waals surface area contributed by atoms with Gasteiger partial charge < -0.3 is 9.48 Å². The number of nitrogens with zero attached hydrogens (tertiary/aromatic N) is 2. The van der Waals surface area contributed by atoms with Crippen LogP contribution in [0.5, 0.6) is 0 Å². The van der Waals surface area contributed by atoms with E-state index in [0.717, 1.165) is 0 Å². The second-order valence-corrected chi connectivity index (χ2v) is 3.49. The molecule has 0 radical (unpaired) electrons. The fourth-order valence-corrected chi connectivity index (χ4v) is 1.83. The fourth-order valence-electron chi connectivity index (χ4n) is 1.83. The number of hydrogen-bond acceptors (Lipinski definition) is 0. The van der Waals surface area contributed by atoms with E-state index in [9.17, 15) is 0 Å². The molecule has 0 spiro atoms. The Bertz CT molecular complexity index is 149. The first-order valence-corrected chi connectivity index (χ1v) is 4.71. The molecule has 0 aromatic heterocycles. The molecule has 2 fully saturated rings. The van der Waals surface area contributed by atoms with Gasteiger partial charge in [0.1, 0.15) is 0 Å². The molecule has 2 rings (SSSR count). The molecule has 0 N–H and O–H groups in total. The van der Waals surface area contributed by atoms with Crippen molar-refractivity contribution in [3.63, 3.8) is 0 Å². The summed E-state index contributed by atoms with van der Waals surface area (Å²) in [6.07, 6.45) is 8.89. The third kappa shape index (κ3) is 1.73. The summed E-state index contributed by atoms with van der Waals surface area (Å²) in [7, 11) is 0. The van der Waals surface area contributed by atoms with Crippen LogP contribution in [0.3, 0.4) is 0 Å². The summed E-state index contributed by atoms with van der Waals surface area (Å²) in [5.41, 5.74) is 0. The van der Waals surface area contributed by atoms with Gasteiger partial charge in [-0.1, -0.05) is 0 Å². The molecular weight excluding hydrogens is 136 g/mol. The minimum Gasteiger partial charge on any atom is -0.438 e. The van der Waals surface area contributed by atoms with E-state index in [1.54, 1.807) is 0 Å². The highest BCUT2D eigenvalue weighted by Crippen LogP contribution is 2.06. The molecule has 2 aliphatic heterocycles. The molecule has 0 aromatic carbocycles. The van der Waals surface area contributed by atoms with Gasteiger partial charge in [-0.2, -0.15) is 0 Å². The van der Waals surface area contributed by atoms with Gasteiger partial charge in [0.25, 0.3) is 0 Å². The van der Waals surface area contributed by atoms with Gasteiger partial charge in [0.05, 0.1) is 26.2 Å². The lowest BCUT2D eigenvalue weighted by atomic mass is 10.4. The maximum atomic E-state index is 3.44. The molecule has 2 heterocycles. The monoisotopic (exact) mass is 152 g/mol. The summed E-state index contributed by atoms with van der Waals surface area (Å²) in [4.78, 5) is 2.34. The van der Waals surface area contributed by atoms with Crippen molar-refractivity contribution in [2.75, 3.05) is 26.2 Å². The molecule has 0 saturated carbocycles. The Morgan fingerprint density at radius 3 is 2.18 bits per heavy atom. The minimum atomic E-state index is 1.23. The summed E-state index contributed by atoms with van der Waals surface area (Å²) in [6.45, 7) is 4.93. The second-order valence-electron chi connectivity index (χ2n) is 3.49.